The molecule has 0 bridgehead atoms. The molecule has 1 aromatic heterocycles. The van der Waals surface area contributed by atoms with Crippen molar-refractivity contribution in [3.05, 3.63) is 65.4 Å². The monoisotopic (exact) mass is 349 g/mol. The summed E-state index contributed by atoms with van der Waals surface area (Å²) < 4.78 is 8.31. The first-order chi connectivity index (χ1) is 12.7. The lowest BCUT2D eigenvalue weighted by molar-refractivity contribution is -0.142. The molecular weight excluding hydrogens is 326 g/mol. The predicted octanol–water partition coefficient (Wildman–Crippen LogP) is 4.43. The standard InChI is InChI=1S/C22H23NO3/c1-2-23-20-10-8-16(22(24)25)12-18(20)19-13-17(9-11-21(19)23)26-14-15-6-4-3-5-7-15/h3-7,9,11,13,16H,2,8,10,12,14H2,1H3,(H,24,25). The number of carbonyl (C=O) groups is 1. The molecule has 0 fully saturated rings. The maximum Gasteiger partial charge on any atom is 0.306 e. The number of aryl methyl sites for hydroxylation is 1. The third kappa shape index (κ3) is 2.96. The Morgan fingerprint density at radius 2 is 2.04 bits per heavy atom. The average molecular weight is 349 g/mol. The Kier molecular flexibility index (Phi) is 4.41. The number of hydrogen-bond donors (Lipinski definition) is 1. The summed E-state index contributed by atoms with van der Waals surface area (Å²) in [5.41, 5.74) is 4.79. The maximum absolute atomic E-state index is 11.5. The molecule has 1 N–H and O–H groups in total. The minimum Gasteiger partial charge on any atom is -0.489 e. The molecule has 1 aliphatic carbocycles. The van der Waals surface area contributed by atoms with E-state index in [0.717, 1.165) is 36.1 Å². The van der Waals surface area contributed by atoms with Crippen LogP contribution in [0.1, 0.15) is 30.2 Å². The predicted molar refractivity (Wildman–Crippen MR) is 102 cm³/mol. The van der Waals surface area contributed by atoms with Crippen molar-refractivity contribution in [1.82, 2.24) is 4.57 Å². The molecule has 0 aliphatic heterocycles. The zero-order valence-corrected chi connectivity index (χ0v) is 14.9. The summed E-state index contributed by atoms with van der Waals surface area (Å²) >= 11 is 0. The van der Waals surface area contributed by atoms with E-state index in [0.29, 0.717) is 13.0 Å². The molecule has 4 rings (SSSR count). The van der Waals surface area contributed by atoms with E-state index in [-0.39, 0.29) is 5.92 Å². The summed E-state index contributed by atoms with van der Waals surface area (Å²) in [6.45, 7) is 3.57. The van der Waals surface area contributed by atoms with Gasteiger partial charge in [0.25, 0.3) is 0 Å². The van der Waals surface area contributed by atoms with Gasteiger partial charge in [0.05, 0.1) is 5.92 Å². The molecule has 1 aliphatic rings. The highest BCUT2D eigenvalue weighted by atomic mass is 16.5. The van der Waals surface area contributed by atoms with Crippen LogP contribution >= 0.6 is 0 Å². The molecular formula is C22H23NO3. The maximum atomic E-state index is 11.5. The van der Waals surface area contributed by atoms with E-state index < -0.39 is 5.97 Å². The number of fused-ring (bicyclic) bond motifs is 3. The molecule has 4 nitrogen and oxygen atoms in total. The van der Waals surface area contributed by atoms with Crippen LogP contribution in [0.15, 0.2) is 48.5 Å². The van der Waals surface area contributed by atoms with Crippen molar-refractivity contribution in [3.8, 4) is 5.75 Å². The van der Waals surface area contributed by atoms with Crippen LogP contribution in [0.5, 0.6) is 5.75 Å². The normalized spacial score (nSPS) is 16.4. The Bertz CT molecular complexity index is 943. The highest BCUT2D eigenvalue weighted by Crippen LogP contribution is 2.36. The number of rotatable bonds is 5. The van der Waals surface area contributed by atoms with Gasteiger partial charge in [0, 0.05) is 23.1 Å². The SMILES string of the molecule is CCn1c2c(c3cc(OCc4ccccc4)ccc31)CC(C(=O)O)CC2. The van der Waals surface area contributed by atoms with Gasteiger partial charge in [0.2, 0.25) is 0 Å². The van der Waals surface area contributed by atoms with Crippen LogP contribution in [0.25, 0.3) is 10.9 Å². The molecule has 1 unspecified atom stereocenters. The van der Waals surface area contributed by atoms with Crippen molar-refractivity contribution >= 4 is 16.9 Å². The highest BCUT2D eigenvalue weighted by Gasteiger charge is 2.29. The minimum absolute atomic E-state index is 0.285. The second-order valence-electron chi connectivity index (χ2n) is 6.90. The number of aliphatic carboxylic acids is 1. The second kappa shape index (κ2) is 6.87. The molecule has 4 heteroatoms. The minimum atomic E-state index is -0.690. The fourth-order valence-corrected chi connectivity index (χ4v) is 4.03. The fourth-order valence-electron chi connectivity index (χ4n) is 4.03. The lowest BCUT2D eigenvalue weighted by Crippen LogP contribution is -2.22. The summed E-state index contributed by atoms with van der Waals surface area (Å²) in [6, 6.07) is 16.3. The largest absolute Gasteiger partial charge is 0.489 e. The molecule has 0 radical (unpaired) electrons. The molecule has 3 aromatic rings. The van der Waals surface area contributed by atoms with E-state index in [1.807, 2.05) is 36.4 Å². The van der Waals surface area contributed by atoms with Crippen molar-refractivity contribution in [3.63, 3.8) is 0 Å². The number of aromatic nitrogens is 1. The quantitative estimate of drug-likeness (QED) is 0.741. The summed E-state index contributed by atoms with van der Waals surface area (Å²) in [5.74, 6) is -0.147. The van der Waals surface area contributed by atoms with Gasteiger partial charge >= 0.3 is 5.97 Å². The Hall–Kier alpha value is -2.75. The second-order valence-corrected chi connectivity index (χ2v) is 6.90. The fraction of sp³-hybridized carbons (Fsp3) is 0.318. The molecule has 1 atom stereocenters. The van der Waals surface area contributed by atoms with E-state index in [9.17, 15) is 9.90 Å². The highest BCUT2D eigenvalue weighted by molar-refractivity contribution is 5.88. The van der Waals surface area contributed by atoms with Crippen molar-refractivity contribution in [2.75, 3.05) is 0 Å². The number of nitrogens with zero attached hydrogens (tertiary/aromatic N) is 1. The Balaban J connectivity index is 1.68. The van der Waals surface area contributed by atoms with Crippen molar-refractivity contribution in [1.29, 1.82) is 0 Å². The van der Waals surface area contributed by atoms with E-state index in [4.69, 9.17) is 4.74 Å². The molecule has 0 saturated heterocycles. The van der Waals surface area contributed by atoms with Gasteiger partial charge in [0.15, 0.2) is 0 Å². The number of hydrogen-bond acceptors (Lipinski definition) is 2. The first-order valence-electron chi connectivity index (χ1n) is 9.21. The van der Waals surface area contributed by atoms with E-state index in [2.05, 4.69) is 23.6 Å². The Morgan fingerprint density at radius 3 is 2.77 bits per heavy atom. The van der Waals surface area contributed by atoms with Crippen LogP contribution in [0.4, 0.5) is 0 Å². The van der Waals surface area contributed by atoms with E-state index in [1.165, 1.54) is 16.8 Å². The summed E-state index contributed by atoms with van der Waals surface area (Å²) in [6.07, 6.45) is 2.15. The van der Waals surface area contributed by atoms with Gasteiger partial charge in [-0.1, -0.05) is 30.3 Å². The molecule has 0 spiro atoms. The molecule has 2 aromatic carbocycles. The van der Waals surface area contributed by atoms with Crippen LogP contribution in [0.3, 0.4) is 0 Å². The smallest absolute Gasteiger partial charge is 0.306 e. The van der Waals surface area contributed by atoms with Gasteiger partial charge in [-0.15, -0.1) is 0 Å². The Labute approximate surface area is 153 Å². The topological polar surface area (TPSA) is 51.5 Å². The number of benzene rings is 2. The Morgan fingerprint density at radius 1 is 1.23 bits per heavy atom. The van der Waals surface area contributed by atoms with Gasteiger partial charge in [-0.05, 0) is 55.5 Å². The van der Waals surface area contributed by atoms with Gasteiger partial charge in [-0.2, -0.15) is 0 Å². The van der Waals surface area contributed by atoms with E-state index >= 15 is 0 Å². The summed E-state index contributed by atoms with van der Waals surface area (Å²) in [5, 5.41) is 10.6. The van der Waals surface area contributed by atoms with Crippen LogP contribution in [0.2, 0.25) is 0 Å². The van der Waals surface area contributed by atoms with E-state index in [1.54, 1.807) is 0 Å². The first kappa shape index (κ1) is 16.7. The lowest BCUT2D eigenvalue weighted by atomic mass is 9.86. The third-order valence-corrected chi connectivity index (χ3v) is 5.35. The molecule has 1 heterocycles. The molecule has 26 heavy (non-hydrogen) atoms. The molecule has 0 saturated carbocycles. The van der Waals surface area contributed by atoms with Gasteiger partial charge in [-0.3, -0.25) is 4.79 Å². The van der Waals surface area contributed by atoms with Crippen LogP contribution in [-0.4, -0.2) is 15.6 Å². The van der Waals surface area contributed by atoms with Gasteiger partial charge < -0.3 is 14.4 Å². The molecule has 134 valence electrons. The number of carboxylic acid groups (broad SMARTS) is 1. The first-order valence-corrected chi connectivity index (χ1v) is 9.21. The van der Waals surface area contributed by atoms with Gasteiger partial charge in [-0.25, -0.2) is 0 Å². The van der Waals surface area contributed by atoms with Crippen molar-refractivity contribution < 1.29 is 14.6 Å². The number of carboxylic acids is 1. The van der Waals surface area contributed by atoms with Crippen LogP contribution in [0, 0.1) is 5.92 Å². The van der Waals surface area contributed by atoms with Crippen LogP contribution < -0.4 is 4.74 Å². The van der Waals surface area contributed by atoms with Gasteiger partial charge in [0.1, 0.15) is 12.4 Å². The number of ether oxygens (including phenoxy) is 1. The average Bonchev–Trinajstić information content (AvgIpc) is 2.99. The zero-order valence-electron chi connectivity index (χ0n) is 14.9. The summed E-state index contributed by atoms with van der Waals surface area (Å²) in [7, 11) is 0. The lowest BCUT2D eigenvalue weighted by Gasteiger charge is -2.20. The summed E-state index contributed by atoms with van der Waals surface area (Å²) in [4.78, 5) is 11.5. The van der Waals surface area contributed by atoms with Crippen molar-refractivity contribution in [2.45, 2.75) is 39.3 Å². The molecule has 0 amide bonds. The third-order valence-electron chi connectivity index (χ3n) is 5.35. The van der Waals surface area contributed by atoms with Crippen LogP contribution in [-0.2, 0) is 30.8 Å². The zero-order chi connectivity index (χ0) is 18.1. The van der Waals surface area contributed by atoms with Crippen molar-refractivity contribution in [2.24, 2.45) is 5.92 Å².